The normalized spacial score (nSPS) is 18.4. The van der Waals surface area contributed by atoms with E-state index in [2.05, 4.69) is 9.80 Å². The average Bonchev–Trinajstić information content (AvgIpc) is 2.55. The SMILES string of the molecule is CC(=O)CN1CCN(c2ccc(Cl)cc2Cl)[C@H](c2ccc(Cl)cc2)C1. The van der Waals surface area contributed by atoms with Crippen LogP contribution in [-0.4, -0.2) is 36.9 Å². The smallest absolute Gasteiger partial charge is 0.143 e. The molecule has 3 rings (SSSR count). The summed E-state index contributed by atoms with van der Waals surface area (Å²) < 4.78 is 0. The highest BCUT2D eigenvalue weighted by molar-refractivity contribution is 6.36. The lowest BCUT2D eigenvalue weighted by Gasteiger charge is -2.43. The summed E-state index contributed by atoms with van der Waals surface area (Å²) in [5.74, 6) is 0.174. The van der Waals surface area contributed by atoms with E-state index in [0.29, 0.717) is 21.6 Å². The van der Waals surface area contributed by atoms with Gasteiger partial charge in [0, 0.05) is 29.7 Å². The lowest BCUT2D eigenvalue weighted by atomic mass is 10.0. The standard InChI is InChI=1S/C19H19Cl3N2O/c1-13(25)11-23-8-9-24(18-7-6-16(21)10-17(18)22)19(12-23)14-2-4-15(20)5-3-14/h2-7,10,19H,8-9,11-12H2,1H3/t19-/m0/s1. The van der Waals surface area contributed by atoms with E-state index in [1.165, 1.54) is 0 Å². The van der Waals surface area contributed by atoms with Crippen molar-refractivity contribution in [3.8, 4) is 0 Å². The van der Waals surface area contributed by atoms with Crippen molar-refractivity contribution in [3.63, 3.8) is 0 Å². The number of halogens is 3. The predicted molar refractivity (Wildman–Crippen MR) is 105 cm³/mol. The summed E-state index contributed by atoms with van der Waals surface area (Å²) in [7, 11) is 0. The molecule has 0 N–H and O–H groups in total. The Kier molecular flexibility index (Phi) is 5.90. The zero-order chi connectivity index (χ0) is 18.0. The zero-order valence-corrected chi connectivity index (χ0v) is 16.2. The third kappa shape index (κ3) is 4.48. The first kappa shape index (κ1) is 18.5. The Morgan fingerprint density at radius 3 is 2.36 bits per heavy atom. The number of ketones is 1. The highest BCUT2D eigenvalue weighted by atomic mass is 35.5. The Bertz CT molecular complexity index is 764. The lowest BCUT2D eigenvalue weighted by molar-refractivity contribution is -0.118. The minimum atomic E-state index is 0.0871. The van der Waals surface area contributed by atoms with Gasteiger partial charge in [0.25, 0.3) is 0 Å². The van der Waals surface area contributed by atoms with Gasteiger partial charge in [-0.05, 0) is 42.8 Å². The van der Waals surface area contributed by atoms with Crippen LogP contribution in [0.5, 0.6) is 0 Å². The lowest BCUT2D eigenvalue weighted by Crippen LogP contribution is -2.49. The van der Waals surface area contributed by atoms with Gasteiger partial charge in [-0.15, -0.1) is 0 Å². The summed E-state index contributed by atoms with van der Waals surface area (Å²) in [6.45, 7) is 4.43. The van der Waals surface area contributed by atoms with Crippen LogP contribution in [0, 0.1) is 0 Å². The van der Waals surface area contributed by atoms with E-state index in [1.54, 1.807) is 13.0 Å². The van der Waals surface area contributed by atoms with Crippen LogP contribution in [0.25, 0.3) is 0 Å². The molecule has 0 spiro atoms. The van der Waals surface area contributed by atoms with Gasteiger partial charge in [-0.1, -0.05) is 46.9 Å². The molecule has 0 unspecified atom stereocenters. The van der Waals surface area contributed by atoms with E-state index < -0.39 is 0 Å². The van der Waals surface area contributed by atoms with Crippen molar-refractivity contribution in [3.05, 3.63) is 63.1 Å². The zero-order valence-electron chi connectivity index (χ0n) is 13.9. The molecule has 0 bridgehead atoms. The molecular formula is C19H19Cl3N2O. The minimum Gasteiger partial charge on any atom is -0.361 e. The molecule has 0 amide bonds. The van der Waals surface area contributed by atoms with Gasteiger partial charge in [-0.2, -0.15) is 0 Å². The average molecular weight is 398 g/mol. The fourth-order valence-electron chi connectivity index (χ4n) is 3.27. The van der Waals surface area contributed by atoms with E-state index in [0.717, 1.165) is 30.9 Å². The van der Waals surface area contributed by atoms with Crippen molar-refractivity contribution >= 4 is 46.3 Å². The number of anilines is 1. The van der Waals surface area contributed by atoms with E-state index in [-0.39, 0.29) is 11.8 Å². The number of hydrogen-bond acceptors (Lipinski definition) is 3. The first-order chi connectivity index (χ1) is 11.9. The van der Waals surface area contributed by atoms with Crippen LogP contribution in [0.2, 0.25) is 15.1 Å². The Hall–Kier alpha value is -1.26. The predicted octanol–water partition coefficient (Wildman–Crippen LogP) is 5.10. The Labute approximate surface area is 163 Å². The topological polar surface area (TPSA) is 23.6 Å². The molecule has 1 aliphatic heterocycles. The number of rotatable bonds is 4. The molecule has 1 saturated heterocycles. The maximum atomic E-state index is 11.5. The molecule has 6 heteroatoms. The summed E-state index contributed by atoms with van der Waals surface area (Å²) in [5.41, 5.74) is 2.09. The monoisotopic (exact) mass is 396 g/mol. The molecule has 0 radical (unpaired) electrons. The van der Waals surface area contributed by atoms with E-state index in [1.807, 2.05) is 36.4 Å². The second-order valence-corrected chi connectivity index (χ2v) is 7.57. The molecule has 2 aromatic carbocycles. The van der Waals surface area contributed by atoms with Crippen LogP contribution in [0.4, 0.5) is 5.69 Å². The van der Waals surface area contributed by atoms with Crippen LogP contribution >= 0.6 is 34.8 Å². The second-order valence-electron chi connectivity index (χ2n) is 6.29. The fourth-order valence-corrected chi connectivity index (χ4v) is 3.91. The molecule has 3 nitrogen and oxygen atoms in total. The molecule has 1 atom stereocenters. The van der Waals surface area contributed by atoms with Crippen LogP contribution in [0.1, 0.15) is 18.5 Å². The molecule has 1 aliphatic rings. The highest BCUT2D eigenvalue weighted by Gasteiger charge is 2.30. The summed E-state index contributed by atoms with van der Waals surface area (Å²) in [5, 5.41) is 1.95. The number of carbonyl (C=O) groups excluding carboxylic acids is 1. The fraction of sp³-hybridized carbons (Fsp3) is 0.316. The van der Waals surface area contributed by atoms with E-state index in [4.69, 9.17) is 34.8 Å². The minimum absolute atomic E-state index is 0.0871. The van der Waals surface area contributed by atoms with Gasteiger partial charge in [-0.3, -0.25) is 9.69 Å². The van der Waals surface area contributed by atoms with Crippen LogP contribution in [0.3, 0.4) is 0 Å². The maximum Gasteiger partial charge on any atom is 0.143 e. The number of nitrogens with zero attached hydrogens (tertiary/aromatic N) is 2. The molecule has 0 aromatic heterocycles. The van der Waals surface area contributed by atoms with Crippen LogP contribution < -0.4 is 4.90 Å². The molecule has 1 fully saturated rings. The molecule has 0 saturated carbocycles. The third-order valence-electron chi connectivity index (χ3n) is 4.38. The van der Waals surface area contributed by atoms with Crippen molar-refractivity contribution in [2.45, 2.75) is 13.0 Å². The van der Waals surface area contributed by atoms with Gasteiger partial charge in [0.1, 0.15) is 5.78 Å². The van der Waals surface area contributed by atoms with Gasteiger partial charge in [0.15, 0.2) is 0 Å². The van der Waals surface area contributed by atoms with E-state index >= 15 is 0 Å². The van der Waals surface area contributed by atoms with Crippen molar-refractivity contribution in [2.24, 2.45) is 0 Å². The molecule has 132 valence electrons. The van der Waals surface area contributed by atoms with Gasteiger partial charge >= 0.3 is 0 Å². The second kappa shape index (κ2) is 7.96. The largest absolute Gasteiger partial charge is 0.361 e. The van der Waals surface area contributed by atoms with E-state index in [9.17, 15) is 4.79 Å². The summed E-state index contributed by atoms with van der Waals surface area (Å²) in [6.07, 6.45) is 0. The number of hydrogen-bond donors (Lipinski definition) is 0. The van der Waals surface area contributed by atoms with Gasteiger partial charge in [0.05, 0.1) is 23.3 Å². The number of piperazine rings is 1. The van der Waals surface area contributed by atoms with Gasteiger partial charge in [0.2, 0.25) is 0 Å². The summed E-state index contributed by atoms with van der Waals surface area (Å²) in [4.78, 5) is 16.0. The molecule has 2 aromatic rings. The Balaban J connectivity index is 1.94. The summed E-state index contributed by atoms with van der Waals surface area (Å²) >= 11 is 18.5. The first-order valence-electron chi connectivity index (χ1n) is 8.13. The first-order valence-corrected chi connectivity index (χ1v) is 9.26. The highest BCUT2D eigenvalue weighted by Crippen LogP contribution is 2.36. The molecule has 25 heavy (non-hydrogen) atoms. The van der Waals surface area contributed by atoms with Crippen molar-refractivity contribution < 1.29 is 4.79 Å². The quantitative estimate of drug-likeness (QED) is 0.717. The van der Waals surface area contributed by atoms with Crippen molar-refractivity contribution in [1.82, 2.24) is 4.90 Å². The number of carbonyl (C=O) groups is 1. The van der Waals surface area contributed by atoms with Crippen LogP contribution in [-0.2, 0) is 4.79 Å². The summed E-state index contributed by atoms with van der Waals surface area (Å²) in [6, 6.07) is 13.5. The molecular weight excluding hydrogens is 379 g/mol. The van der Waals surface area contributed by atoms with Gasteiger partial charge in [-0.25, -0.2) is 0 Å². The Morgan fingerprint density at radius 2 is 1.72 bits per heavy atom. The van der Waals surface area contributed by atoms with Gasteiger partial charge < -0.3 is 4.90 Å². The third-order valence-corrected chi connectivity index (χ3v) is 5.17. The Morgan fingerprint density at radius 1 is 1.04 bits per heavy atom. The number of Topliss-reactive ketones (excluding diaryl/α,β-unsaturated/α-hetero) is 1. The molecule has 1 heterocycles. The number of benzene rings is 2. The van der Waals surface area contributed by atoms with Crippen molar-refractivity contribution in [2.75, 3.05) is 31.1 Å². The van der Waals surface area contributed by atoms with Crippen molar-refractivity contribution in [1.29, 1.82) is 0 Å². The maximum absolute atomic E-state index is 11.5. The molecule has 0 aliphatic carbocycles. The van der Waals surface area contributed by atoms with Crippen LogP contribution in [0.15, 0.2) is 42.5 Å².